The molecule has 0 fully saturated rings. The lowest BCUT2D eigenvalue weighted by atomic mass is 10.0. The summed E-state index contributed by atoms with van der Waals surface area (Å²) in [6.45, 7) is 0. The van der Waals surface area contributed by atoms with Crippen LogP contribution in [0.3, 0.4) is 0 Å². The van der Waals surface area contributed by atoms with Crippen LogP contribution in [-0.2, 0) is 6.42 Å². The highest BCUT2D eigenvalue weighted by Gasteiger charge is 1.93. The van der Waals surface area contributed by atoms with Gasteiger partial charge in [-0.3, -0.25) is 0 Å². The Hall–Kier alpha value is -1.22. The van der Waals surface area contributed by atoms with Gasteiger partial charge in [0, 0.05) is 6.42 Å². The van der Waals surface area contributed by atoms with Crippen molar-refractivity contribution in [1.29, 1.82) is 0 Å². The van der Waals surface area contributed by atoms with E-state index in [1.807, 2.05) is 0 Å². The molecule has 0 radical (unpaired) electrons. The zero-order valence-electron chi connectivity index (χ0n) is 10.1. The van der Waals surface area contributed by atoms with Gasteiger partial charge < -0.3 is 0 Å². The van der Waals surface area contributed by atoms with Crippen LogP contribution in [0.2, 0.25) is 0 Å². The van der Waals surface area contributed by atoms with Crippen molar-refractivity contribution in [2.75, 3.05) is 0 Å². The predicted octanol–water partition coefficient (Wildman–Crippen LogP) is 4.59. The molecule has 0 heterocycles. The second-order valence-corrected chi connectivity index (χ2v) is 4.31. The van der Waals surface area contributed by atoms with Gasteiger partial charge in [0.25, 0.3) is 0 Å². The Bertz CT molecular complexity index is 292. The first-order valence-electron chi connectivity index (χ1n) is 6.41. The molecular formula is C16H22. The van der Waals surface area contributed by atoms with Crippen molar-refractivity contribution in [3.63, 3.8) is 0 Å². The van der Waals surface area contributed by atoms with Crippen LogP contribution < -0.4 is 0 Å². The van der Waals surface area contributed by atoms with Gasteiger partial charge in [-0.25, -0.2) is 0 Å². The second kappa shape index (κ2) is 9.04. The van der Waals surface area contributed by atoms with E-state index in [1.165, 1.54) is 50.5 Å². The molecule has 1 aromatic carbocycles. The van der Waals surface area contributed by atoms with Crippen LogP contribution in [0.4, 0.5) is 0 Å². The third kappa shape index (κ3) is 6.30. The van der Waals surface area contributed by atoms with Gasteiger partial charge in [-0.05, 0) is 24.8 Å². The standard InChI is InChI=1S/C16H22/c1-2-3-4-5-6-7-8-10-13-16-14-11-9-12-15-16/h1,9,11-12,14-15H,3-8,10,13H2. The Morgan fingerprint density at radius 1 is 0.812 bits per heavy atom. The van der Waals surface area contributed by atoms with Gasteiger partial charge in [0.1, 0.15) is 0 Å². The Morgan fingerprint density at radius 3 is 2.12 bits per heavy atom. The van der Waals surface area contributed by atoms with Gasteiger partial charge in [0.15, 0.2) is 0 Å². The van der Waals surface area contributed by atoms with E-state index in [9.17, 15) is 0 Å². The molecule has 0 saturated carbocycles. The number of terminal acetylenes is 1. The molecule has 1 aromatic rings. The van der Waals surface area contributed by atoms with E-state index in [1.54, 1.807) is 0 Å². The van der Waals surface area contributed by atoms with Crippen molar-refractivity contribution in [2.24, 2.45) is 0 Å². The normalized spacial score (nSPS) is 9.94. The van der Waals surface area contributed by atoms with E-state index in [2.05, 4.69) is 36.3 Å². The van der Waals surface area contributed by atoms with Gasteiger partial charge >= 0.3 is 0 Å². The smallest absolute Gasteiger partial charge is 0.00860 e. The molecule has 0 atom stereocenters. The van der Waals surface area contributed by atoms with Crippen molar-refractivity contribution in [1.82, 2.24) is 0 Å². The number of unbranched alkanes of at least 4 members (excludes halogenated alkanes) is 6. The number of hydrogen-bond donors (Lipinski definition) is 0. The number of aryl methyl sites for hydroxylation is 1. The van der Waals surface area contributed by atoms with E-state index in [0.29, 0.717) is 0 Å². The van der Waals surface area contributed by atoms with Crippen LogP contribution >= 0.6 is 0 Å². The van der Waals surface area contributed by atoms with Crippen molar-refractivity contribution in [3.8, 4) is 12.3 Å². The fourth-order valence-electron chi connectivity index (χ4n) is 1.91. The Kier molecular flexibility index (Phi) is 7.26. The minimum Gasteiger partial charge on any atom is -0.120 e. The van der Waals surface area contributed by atoms with Crippen LogP contribution in [-0.4, -0.2) is 0 Å². The fraction of sp³-hybridized carbons (Fsp3) is 0.500. The van der Waals surface area contributed by atoms with Crippen molar-refractivity contribution in [3.05, 3.63) is 35.9 Å². The summed E-state index contributed by atoms with van der Waals surface area (Å²) < 4.78 is 0. The first-order chi connectivity index (χ1) is 7.93. The minimum atomic E-state index is 0.948. The maximum atomic E-state index is 5.21. The molecule has 0 aliphatic carbocycles. The predicted molar refractivity (Wildman–Crippen MR) is 71.3 cm³/mol. The van der Waals surface area contributed by atoms with Crippen LogP contribution in [0.15, 0.2) is 30.3 Å². The highest BCUT2D eigenvalue weighted by atomic mass is 14.0. The quantitative estimate of drug-likeness (QED) is 0.438. The summed E-state index contributed by atoms with van der Waals surface area (Å²) in [7, 11) is 0. The fourth-order valence-corrected chi connectivity index (χ4v) is 1.91. The summed E-state index contributed by atoms with van der Waals surface area (Å²) in [5, 5.41) is 0. The van der Waals surface area contributed by atoms with E-state index in [4.69, 9.17) is 6.42 Å². The molecule has 16 heavy (non-hydrogen) atoms. The summed E-state index contributed by atoms with van der Waals surface area (Å²) in [6, 6.07) is 10.7. The summed E-state index contributed by atoms with van der Waals surface area (Å²) in [5.41, 5.74) is 1.47. The highest BCUT2D eigenvalue weighted by Crippen LogP contribution is 2.10. The molecule has 0 heteroatoms. The summed E-state index contributed by atoms with van der Waals surface area (Å²) in [5.74, 6) is 2.69. The maximum Gasteiger partial charge on any atom is 0.00860 e. The first-order valence-corrected chi connectivity index (χ1v) is 6.41. The van der Waals surface area contributed by atoms with E-state index < -0.39 is 0 Å². The van der Waals surface area contributed by atoms with E-state index >= 15 is 0 Å². The molecule has 0 aliphatic rings. The first kappa shape index (κ1) is 12.8. The monoisotopic (exact) mass is 214 g/mol. The van der Waals surface area contributed by atoms with Crippen molar-refractivity contribution in [2.45, 2.75) is 51.4 Å². The van der Waals surface area contributed by atoms with Crippen molar-refractivity contribution >= 4 is 0 Å². The highest BCUT2D eigenvalue weighted by molar-refractivity contribution is 5.14. The summed E-state index contributed by atoms with van der Waals surface area (Å²) in [4.78, 5) is 0. The number of hydrogen-bond acceptors (Lipinski definition) is 0. The van der Waals surface area contributed by atoms with E-state index in [-0.39, 0.29) is 0 Å². The maximum absolute atomic E-state index is 5.21. The number of rotatable bonds is 8. The molecule has 0 saturated heterocycles. The zero-order chi connectivity index (χ0) is 11.5. The average molecular weight is 214 g/mol. The molecule has 0 spiro atoms. The topological polar surface area (TPSA) is 0 Å². The van der Waals surface area contributed by atoms with Crippen LogP contribution in [0.5, 0.6) is 0 Å². The van der Waals surface area contributed by atoms with Crippen molar-refractivity contribution < 1.29 is 0 Å². The summed E-state index contributed by atoms with van der Waals surface area (Å²) in [6.07, 6.45) is 15.3. The van der Waals surface area contributed by atoms with Gasteiger partial charge in [-0.2, -0.15) is 0 Å². The molecule has 1 rings (SSSR count). The third-order valence-corrected chi connectivity index (χ3v) is 2.88. The molecule has 0 unspecified atom stereocenters. The van der Waals surface area contributed by atoms with Crippen LogP contribution in [0.1, 0.15) is 50.5 Å². The molecule has 0 aromatic heterocycles. The number of benzene rings is 1. The molecular weight excluding hydrogens is 192 g/mol. The molecule has 0 N–H and O–H groups in total. The SMILES string of the molecule is C#CCCCCCCCCc1ccccc1. The Labute approximate surface area is 100 Å². The lowest BCUT2D eigenvalue weighted by Gasteiger charge is -2.01. The molecule has 0 bridgehead atoms. The second-order valence-electron chi connectivity index (χ2n) is 4.31. The minimum absolute atomic E-state index is 0.948. The van der Waals surface area contributed by atoms with Gasteiger partial charge in [0.05, 0.1) is 0 Å². The Balaban J connectivity index is 1.91. The molecule has 0 aliphatic heterocycles. The van der Waals surface area contributed by atoms with E-state index in [0.717, 1.165) is 6.42 Å². The van der Waals surface area contributed by atoms with Crippen LogP contribution in [0.25, 0.3) is 0 Å². The lowest BCUT2D eigenvalue weighted by molar-refractivity contribution is 0.599. The molecule has 0 nitrogen and oxygen atoms in total. The third-order valence-electron chi connectivity index (χ3n) is 2.88. The van der Waals surface area contributed by atoms with Gasteiger partial charge in [0.2, 0.25) is 0 Å². The van der Waals surface area contributed by atoms with Crippen LogP contribution in [0, 0.1) is 12.3 Å². The van der Waals surface area contributed by atoms with Gasteiger partial charge in [-0.1, -0.05) is 56.0 Å². The summed E-state index contributed by atoms with van der Waals surface area (Å²) >= 11 is 0. The van der Waals surface area contributed by atoms with Gasteiger partial charge in [-0.15, -0.1) is 12.3 Å². The zero-order valence-corrected chi connectivity index (χ0v) is 10.1. The molecule has 0 amide bonds. The largest absolute Gasteiger partial charge is 0.120 e. The molecule has 86 valence electrons. The lowest BCUT2D eigenvalue weighted by Crippen LogP contribution is -1.85. The average Bonchev–Trinajstić information content (AvgIpc) is 2.34. The Morgan fingerprint density at radius 2 is 1.44 bits per heavy atom.